The van der Waals surface area contributed by atoms with Crippen molar-refractivity contribution < 1.29 is 8.42 Å². The summed E-state index contributed by atoms with van der Waals surface area (Å²) in [6.07, 6.45) is 9.21. The van der Waals surface area contributed by atoms with E-state index in [-0.39, 0.29) is 0 Å². The van der Waals surface area contributed by atoms with Crippen LogP contribution in [0.25, 0.3) is 0 Å². The maximum Gasteiger partial charge on any atom is 0.214 e. The second-order valence-electron chi connectivity index (χ2n) is 6.23. The van der Waals surface area contributed by atoms with Crippen LogP contribution in [0.5, 0.6) is 0 Å². The van der Waals surface area contributed by atoms with Crippen LogP contribution in [0.15, 0.2) is 0 Å². The second kappa shape index (κ2) is 6.55. The molecule has 0 atom stereocenters. The molecule has 1 saturated heterocycles. The predicted molar refractivity (Wildman–Crippen MR) is 78.7 cm³/mol. The third kappa shape index (κ3) is 3.92. The Morgan fingerprint density at radius 2 is 1.68 bits per heavy atom. The first-order valence-electron chi connectivity index (χ1n) is 7.70. The lowest BCUT2D eigenvalue weighted by atomic mass is 9.78. The molecule has 0 unspecified atom stereocenters. The summed E-state index contributed by atoms with van der Waals surface area (Å²) in [7, 11) is -1.10. The molecule has 2 aliphatic rings. The molecule has 0 radical (unpaired) electrons. The average Bonchev–Trinajstić information content (AvgIpc) is 2.84. The average molecular weight is 288 g/mol. The van der Waals surface area contributed by atoms with Crippen LogP contribution in [0.3, 0.4) is 0 Å². The molecule has 1 aliphatic heterocycles. The van der Waals surface area contributed by atoms with Crippen molar-refractivity contribution in [1.82, 2.24) is 9.62 Å². The van der Waals surface area contributed by atoms with Gasteiger partial charge in [0.05, 0.1) is 5.75 Å². The van der Waals surface area contributed by atoms with Gasteiger partial charge in [0.25, 0.3) is 0 Å². The highest BCUT2D eigenvalue weighted by molar-refractivity contribution is 7.89. The molecule has 1 heterocycles. The van der Waals surface area contributed by atoms with Gasteiger partial charge >= 0.3 is 0 Å². The molecule has 1 N–H and O–H groups in total. The van der Waals surface area contributed by atoms with Gasteiger partial charge in [-0.05, 0) is 57.5 Å². The van der Waals surface area contributed by atoms with Crippen molar-refractivity contribution in [2.45, 2.75) is 51.4 Å². The smallest absolute Gasteiger partial charge is 0.214 e. The summed E-state index contributed by atoms with van der Waals surface area (Å²) >= 11 is 0. The molecule has 0 bridgehead atoms. The molecule has 19 heavy (non-hydrogen) atoms. The van der Waals surface area contributed by atoms with E-state index in [9.17, 15) is 8.42 Å². The first-order valence-corrected chi connectivity index (χ1v) is 9.31. The Kier molecular flexibility index (Phi) is 5.26. The molecular weight excluding hydrogens is 260 g/mol. The monoisotopic (exact) mass is 288 g/mol. The Morgan fingerprint density at radius 3 is 2.26 bits per heavy atom. The summed E-state index contributed by atoms with van der Waals surface area (Å²) in [6.45, 7) is 2.42. The molecule has 1 aliphatic carbocycles. The van der Waals surface area contributed by atoms with Gasteiger partial charge in [-0.1, -0.05) is 12.8 Å². The lowest BCUT2D eigenvalue weighted by molar-refractivity contribution is 0.160. The first kappa shape index (κ1) is 15.3. The summed E-state index contributed by atoms with van der Waals surface area (Å²) in [4.78, 5) is 0. The van der Waals surface area contributed by atoms with E-state index in [1.54, 1.807) is 4.31 Å². The lowest BCUT2D eigenvalue weighted by Gasteiger charge is -2.38. The van der Waals surface area contributed by atoms with Crippen molar-refractivity contribution in [3.63, 3.8) is 0 Å². The normalized spacial score (nSPS) is 24.1. The number of sulfonamides is 1. The highest BCUT2D eigenvalue weighted by Crippen LogP contribution is 2.46. The molecule has 5 heteroatoms. The number of piperidine rings is 1. The number of rotatable bonds is 6. The summed E-state index contributed by atoms with van der Waals surface area (Å²) in [5.74, 6) is 0.321. The van der Waals surface area contributed by atoms with E-state index < -0.39 is 10.0 Å². The molecule has 1 saturated carbocycles. The van der Waals surface area contributed by atoms with Crippen LogP contribution >= 0.6 is 0 Å². The summed E-state index contributed by atoms with van der Waals surface area (Å²) in [5.41, 5.74) is 0.498. The van der Waals surface area contributed by atoms with Gasteiger partial charge in [0.15, 0.2) is 0 Å². The fourth-order valence-corrected chi connectivity index (χ4v) is 5.15. The van der Waals surface area contributed by atoms with E-state index in [0.717, 1.165) is 45.3 Å². The molecule has 0 aromatic heterocycles. The zero-order chi connectivity index (χ0) is 13.8. The van der Waals surface area contributed by atoms with Gasteiger partial charge < -0.3 is 5.32 Å². The fourth-order valence-electron chi connectivity index (χ4n) is 3.58. The quantitative estimate of drug-likeness (QED) is 0.760. The summed E-state index contributed by atoms with van der Waals surface area (Å²) in [6, 6.07) is 0. The largest absolute Gasteiger partial charge is 0.320 e. The van der Waals surface area contributed by atoms with Crippen LogP contribution < -0.4 is 5.32 Å². The van der Waals surface area contributed by atoms with Crippen LogP contribution in [-0.4, -0.2) is 45.2 Å². The van der Waals surface area contributed by atoms with Gasteiger partial charge in [0, 0.05) is 13.1 Å². The zero-order valence-electron chi connectivity index (χ0n) is 12.2. The highest BCUT2D eigenvalue weighted by Gasteiger charge is 2.39. The Labute approximate surface area is 118 Å². The van der Waals surface area contributed by atoms with Crippen molar-refractivity contribution >= 4 is 10.0 Å². The van der Waals surface area contributed by atoms with Crippen LogP contribution in [0.1, 0.15) is 51.4 Å². The standard InChI is InChI=1S/C14H28N2O2S/c1-15-10-4-5-13-19(17,18)16-11-8-14(9-12-16)6-2-3-7-14/h15H,2-13H2,1H3. The third-order valence-corrected chi connectivity index (χ3v) is 6.88. The van der Waals surface area contributed by atoms with Crippen LogP contribution in [-0.2, 0) is 10.0 Å². The molecule has 112 valence electrons. The highest BCUT2D eigenvalue weighted by atomic mass is 32.2. The van der Waals surface area contributed by atoms with E-state index in [4.69, 9.17) is 0 Å². The molecule has 0 amide bonds. The minimum absolute atomic E-state index is 0.321. The number of hydrogen-bond donors (Lipinski definition) is 1. The van der Waals surface area contributed by atoms with Crippen LogP contribution in [0, 0.1) is 5.41 Å². The number of nitrogens with zero attached hydrogens (tertiary/aromatic N) is 1. The minimum Gasteiger partial charge on any atom is -0.320 e. The van der Waals surface area contributed by atoms with Gasteiger partial charge in [-0.15, -0.1) is 0 Å². The lowest BCUT2D eigenvalue weighted by Crippen LogP contribution is -2.43. The van der Waals surface area contributed by atoms with E-state index in [0.29, 0.717) is 11.2 Å². The Morgan fingerprint density at radius 1 is 1.05 bits per heavy atom. The third-order valence-electron chi connectivity index (χ3n) is 4.92. The molecular formula is C14H28N2O2S. The zero-order valence-corrected chi connectivity index (χ0v) is 13.0. The van der Waals surface area contributed by atoms with Crippen molar-refractivity contribution in [3.8, 4) is 0 Å². The van der Waals surface area contributed by atoms with Gasteiger partial charge in [-0.3, -0.25) is 0 Å². The van der Waals surface area contributed by atoms with Crippen LogP contribution in [0.2, 0.25) is 0 Å². The van der Waals surface area contributed by atoms with E-state index in [2.05, 4.69) is 5.32 Å². The molecule has 1 spiro atoms. The Bertz CT molecular complexity index is 365. The minimum atomic E-state index is -3.00. The maximum absolute atomic E-state index is 12.3. The number of unbranched alkanes of at least 4 members (excludes halogenated alkanes) is 1. The summed E-state index contributed by atoms with van der Waals surface area (Å²) < 4.78 is 26.3. The van der Waals surface area contributed by atoms with Crippen molar-refractivity contribution in [3.05, 3.63) is 0 Å². The fraction of sp³-hybridized carbons (Fsp3) is 1.00. The molecule has 0 aromatic rings. The molecule has 0 aromatic carbocycles. The Balaban J connectivity index is 1.79. The van der Waals surface area contributed by atoms with Crippen molar-refractivity contribution in [2.75, 3.05) is 32.4 Å². The molecule has 2 fully saturated rings. The van der Waals surface area contributed by atoms with Gasteiger partial charge in [0.1, 0.15) is 0 Å². The van der Waals surface area contributed by atoms with E-state index >= 15 is 0 Å². The second-order valence-corrected chi connectivity index (χ2v) is 8.32. The maximum atomic E-state index is 12.3. The van der Waals surface area contributed by atoms with E-state index in [1.165, 1.54) is 25.7 Å². The van der Waals surface area contributed by atoms with E-state index in [1.807, 2.05) is 7.05 Å². The number of nitrogens with one attached hydrogen (secondary N) is 1. The Hall–Kier alpha value is -0.130. The first-order chi connectivity index (χ1) is 9.08. The summed E-state index contributed by atoms with van der Waals surface area (Å²) in [5, 5.41) is 3.06. The van der Waals surface area contributed by atoms with Crippen molar-refractivity contribution in [1.29, 1.82) is 0 Å². The SMILES string of the molecule is CNCCCCS(=O)(=O)N1CCC2(CCCC2)CC1. The predicted octanol–water partition coefficient (Wildman–Crippen LogP) is 1.97. The topological polar surface area (TPSA) is 49.4 Å². The molecule has 4 nitrogen and oxygen atoms in total. The van der Waals surface area contributed by atoms with Gasteiger partial charge in [0.2, 0.25) is 10.0 Å². The van der Waals surface area contributed by atoms with Crippen LogP contribution in [0.4, 0.5) is 0 Å². The number of hydrogen-bond acceptors (Lipinski definition) is 3. The van der Waals surface area contributed by atoms with Gasteiger partial charge in [-0.2, -0.15) is 0 Å². The van der Waals surface area contributed by atoms with Gasteiger partial charge in [-0.25, -0.2) is 12.7 Å². The van der Waals surface area contributed by atoms with Crippen molar-refractivity contribution in [2.24, 2.45) is 5.41 Å². The molecule has 2 rings (SSSR count).